The third-order valence-corrected chi connectivity index (χ3v) is 4.87. The molecule has 29 heavy (non-hydrogen) atoms. The van der Waals surface area contributed by atoms with Gasteiger partial charge in [-0.15, -0.1) is 0 Å². The van der Waals surface area contributed by atoms with E-state index in [2.05, 4.69) is 21.9 Å². The average Bonchev–Trinajstić information content (AvgIpc) is 3.10. The summed E-state index contributed by atoms with van der Waals surface area (Å²) in [5.41, 5.74) is 7.57. The van der Waals surface area contributed by atoms with Crippen LogP contribution in [-0.4, -0.2) is 15.3 Å². The van der Waals surface area contributed by atoms with Crippen molar-refractivity contribution in [2.45, 2.75) is 6.92 Å². The minimum Gasteiger partial charge on any atom is -0.305 e. The number of carbonyl (C=O) groups is 1. The van der Waals surface area contributed by atoms with Crippen molar-refractivity contribution in [2.24, 2.45) is 0 Å². The number of hydrazine groups is 1. The Bertz CT molecular complexity index is 1420. The van der Waals surface area contributed by atoms with Gasteiger partial charge in [0.05, 0.1) is 21.8 Å². The quantitative estimate of drug-likeness (QED) is 0.510. The number of benzene rings is 2. The minimum atomic E-state index is -0.391. The van der Waals surface area contributed by atoms with Crippen LogP contribution in [0.2, 0.25) is 5.02 Å². The van der Waals surface area contributed by atoms with Gasteiger partial charge in [0.15, 0.2) is 5.65 Å². The van der Waals surface area contributed by atoms with E-state index in [4.69, 9.17) is 11.6 Å². The Morgan fingerprint density at radius 3 is 2.66 bits per heavy atom. The lowest BCUT2D eigenvalue weighted by Gasteiger charge is -2.06. The maximum atomic E-state index is 13.1. The Balaban J connectivity index is 1.78. The number of pyridine rings is 1. The van der Waals surface area contributed by atoms with E-state index in [1.54, 1.807) is 49.4 Å². The number of hydrogen-bond acceptors (Lipinski definition) is 5. The predicted molar refractivity (Wildman–Crippen MR) is 110 cm³/mol. The normalized spacial score (nSPS) is 11.6. The molecule has 0 atom stereocenters. The van der Waals surface area contributed by atoms with Crippen LogP contribution in [0.5, 0.6) is 0 Å². The number of carbonyl (C=O) groups excluding carboxylic acids is 1. The molecule has 7 nitrogen and oxygen atoms in total. The van der Waals surface area contributed by atoms with Gasteiger partial charge in [-0.25, -0.2) is 4.98 Å². The molecule has 0 saturated carbocycles. The Kier molecular flexibility index (Phi) is 4.63. The summed E-state index contributed by atoms with van der Waals surface area (Å²) in [7, 11) is 0. The number of halogens is 1. The van der Waals surface area contributed by atoms with Crippen molar-refractivity contribution in [2.75, 3.05) is 0 Å². The second-order valence-corrected chi connectivity index (χ2v) is 6.78. The Labute approximate surface area is 169 Å². The van der Waals surface area contributed by atoms with Crippen molar-refractivity contribution < 1.29 is 4.79 Å². The summed E-state index contributed by atoms with van der Waals surface area (Å²) in [5.74, 6) is -0.391. The van der Waals surface area contributed by atoms with Crippen LogP contribution in [-0.2, 0) is 0 Å². The van der Waals surface area contributed by atoms with Crippen molar-refractivity contribution >= 4 is 40.4 Å². The van der Waals surface area contributed by atoms with Crippen LogP contribution in [0.1, 0.15) is 21.5 Å². The van der Waals surface area contributed by atoms with Crippen molar-refractivity contribution in [1.29, 1.82) is 5.26 Å². The number of hydrogen-bond donors (Lipinski definition) is 2. The van der Waals surface area contributed by atoms with E-state index < -0.39 is 5.91 Å². The molecule has 0 saturated heterocycles. The Hall–Kier alpha value is -3.89. The van der Waals surface area contributed by atoms with E-state index in [9.17, 15) is 14.9 Å². The molecule has 1 amide bonds. The molecule has 0 unspecified atom stereocenters. The van der Waals surface area contributed by atoms with Gasteiger partial charge in [-0.3, -0.25) is 19.4 Å². The summed E-state index contributed by atoms with van der Waals surface area (Å²) in [5, 5.41) is 10.4. The molecule has 0 radical (unpaired) electrons. The maximum absolute atomic E-state index is 13.1. The molecule has 0 aliphatic carbocycles. The molecule has 142 valence electrons. The highest BCUT2D eigenvalue weighted by atomic mass is 35.5. The molecule has 8 heteroatoms. The fourth-order valence-electron chi connectivity index (χ4n) is 3.13. The third kappa shape index (κ3) is 3.16. The number of nitriles is 1. The standard InChI is InChI=1S/C21H14ClN5O2/c1-12-15(10-23)19-25-17-4-2-3-5-18(17)27(19)21(29)16(12)11-24-26-20(28)13-6-8-14(22)9-7-13/h2-9,11,24H,1H3,(H,26,28). The van der Waals surface area contributed by atoms with Gasteiger partial charge in [-0.2, -0.15) is 5.26 Å². The van der Waals surface area contributed by atoms with Crippen LogP contribution in [0, 0.1) is 18.3 Å². The van der Waals surface area contributed by atoms with Gasteiger partial charge in [0.1, 0.15) is 6.07 Å². The molecular formula is C21H14ClN5O2. The van der Waals surface area contributed by atoms with E-state index in [-0.39, 0.29) is 10.8 Å². The second kappa shape index (κ2) is 7.26. The first-order valence-corrected chi connectivity index (χ1v) is 9.04. The van der Waals surface area contributed by atoms with Gasteiger partial charge >= 0.3 is 0 Å². The number of fused-ring (bicyclic) bond motifs is 3. The van der Waals surface area contributed by atoms with Crippen molar-refractivity contribution in [3.05, 3.63) is 85.8 Å². The molecule has 2 aromatic heterocycles. The van der Waals surface area contributed by atoms with Crippen molar-refractivity contribution in [3.63, 3.8) is 0 Å². The molecule has 0 spiro atoms. The highest BCUT2D eigenvalue weighted by Gasteiger charge is 2.16. The monoisotopic (exact) mass is 403 g/mol. The predicted octanol–water partition coefficient (Wildman–Crippen LogP) is 2.07. The fourth-order valence-corrected chi connectivity index (χ4v) is 3.26. The summed E-state index contributed by atoms with van der Waals surface area (Å²) in [6.45, 7) is 1.67. The smallest absolute Gasteiger partial charge is 0.269 e. The summed E-state index contributed by atoms with van der Waals surface area (Å²) < 4.78 is 1.41. The topological polar surface area (TPSA) is 99.3 Å². The molecule has 0 aliphatic heterocycles. The number of rotatable bonds is 3. The third-order valence-electron chi connectivity index (χ3n) is 4.62. The number of aromatic nitrogens is 2. The van der Waals surface area contributed by atoms with Crippen LogP contribution >= 0.6 is 11.6 Å². The Morgan fingerprint density at radius 1 is 1.21 bits per heavy atom. The van der Waals surface area contributed by atoms with Gasteiger partial charge in [-0.1, -0.05) is 23.7 Å². The molecule has 2 N–H and O–H groups in total. The summed E-state index contributed by atoms with van der Waals surface area (Å²) in [4.78, 5) is 29.7. The summed E-state index contributed by atoms with van der Waals surface area (Å²) in [6, 6.07) is 15.7. The van der Waals surface area contributed by atoms with Crippen molar-refractivity contribution in [1.82, 2.24) is 20.2 Å². The number of nitrogens with zero attached hydrogens (tertiary/aromatic N) is 3. The molecular weight excluding hydrogens is 390 g/mol. The maximum Gasteiger partial charge on any atom is 0.269 e. The van der Waals surface area contributed by atoms with Gasteiger partial charge in [-0.05, 0) is 48.9 Å². The van der Waals surface area contributed by atoms with E-state index >= 15 is 0 Å². The van der Waals surface area contributed by atoms with E-state index in [0.29, 0.717) is 38.4 Å². The number of amides is 1. The van der Waals surface area contributed by atoms with Gasteiger partial charge in [0.2, 0.25) is 0 Å². The molecule has 4 aromatic rings. The number of nitrogens with one attached hydrogen (secondary N) is 2. The highest BCUT2D eigenvalue weighted by molar-refractivity contribution is 6.30. The van der Waals surface area contributed by atoms with Crippen LogP contribution in [0.3, 0.4) is 0 Å². The SMILES string of the molecule is Cc1c(C#N)c2nc3ccccc3n2c(=O)c1=CNNC(=O)c1ccc(Cl)cc1. The first-order valence-electron chi connectivity index (χ1n) is 8.66. The first kappa shape index (κ1) is 18.5. The van der Waals surface area contributed by atoms with Crippen LogP contribution < -0.4 is 21.6 Å². The highest BCUT2D eigenvalue weighted by Crippen LogP contribution is 2.17. The lowest BCUT2D eigenvalue weighted by Crippen LogP contribution is -2.40. The molecule has 4 rings (SSSR count). The van der Waals surface area contributed by atoms with Gasteiger partial charge in [0, 0.05) is 16.8 Å². The van der Waals surface area contributed by atoms with E-state index in [1.807, 2.05) is 6.07 Å². The number of imidazole rings is 1. The second-order valence-electron chi connectivity index (χ2n) is 6.34. The summed E-state index contributed by atoms with van der Waals surface area (Å²) >= 11 is 5.82. The minimum absolute atomic E-state index is 0.258. The molecule has 2 heterocycles. The van der Waals surface area contributed by atoms with E-state index in [1.165, 1.54) is 10.6 Å². The lowest BCUT2D eigenvalue weighted by molar-refractivity contribution is 0.0943. The zero-order valence-electron chi connectivity index (χ0n) is 15.2. The zero-order valence-corrected chi connectivity index (χ0v) is 16.0. The number of para-hydroxylation sites is 2. The molecule has 0 aliphatic rings. The molecule has 2 aromatic carbocycles. The largest absolute Gasteiger partial charge is 0.305 e. The fraction of sp³-hybridized carbons (Fsp3) is 0.0476. The lowest BCUT2D eigenvalue weighted by atomic mass is 10.1. The average molecular weight is 404 g/mol. The first-order chi connectivity index (χ1) is 14.0. The molecule has 0 bridgehead atoms. The van der Waals surface area contributed by atoms with Crippen LogP contribution in [0.15, 0.2) is 53.3 Å². The summed E-state index contributed by atoms with van der Waals surface area (Å²) in [6.07, 6.45) is 1.38. The van der Waals surface area contributed by atoms with Crippen LogP contribution in [0.25, 0.3) is 22.9 Å². The van der Waals surface area contributed by atoms with Crippen LogP contribution in [0.4, 0.5) is 0 Å². The Morgan fingerprint density at radius 2 is 1.93 bits per heavy atom. The van der Waals surface area contributed by atoms with Crippen molar-refractivity contribution in [3.8, 4) is 6.07 Å². The zero-order chi connectivity index (χ0) is 20.5. The van der Waals surface area contributed by atoms with Gasteiger partial charge < -0.3 is 5.43 Å². The van der Waals surface area contributed by atoms with E-state index in [0.717, 1.165) is 0 Å². The van der Waals surface area contributed by atoms with Gasteiger partial charge in [0.25, 0.3) is 11.5 Å². The molecule has 0 fully saturated rings.